The number of nitrogens with zero attached hydrogens (tertiary/aromatic N) is 1. The van der Waals surface area contributed by atoms with E-state index in [0.29, 0.717) is 6.42 Å². The Morgan fingerprint density at radius 2 is 2.11 bits per heavy atom. The van der Waals surface area contributed by atoms with Gasteiger partial charge >= 0.3 is 0 Å². The van der Waals surface area contributed by atoms with Crippen molar-refractivity contribution in [3.05, 3.63) is 57.8 Å². The van der Waals surface area contributed by atoms with E-state index in [1.165, 1.54) is 23.5 Å². The smallest absolute Gasteiger partial charge is 0.130 e. The second kappa shape index (κ2) is 4.87. The van der Waals surface area contributed by atoms with E-state index in [2.05, 4.69) is 6.07 Å². The van der Waals surface area contributed by atoms with E-state index in [4.69, 9.17) is 0 Å². The van der Waals surface area contributed by atoms with Crippen LogP contribution in [0.15, 0.2) is 35.7 Å². The maximum absolute atomic E-state index is 13.8. The summed E-state index contributed by atoms with van der Waals surface area (Å²) < 4.78 is 26.7. The molecule has 2 aromatic rings. The molecule has 0 radical (unpaired) electrons. The van der Waals surface area contributed by atoms with Crippen LogP contribution in [0.3, 0.4) is 0 Å². The summed E-state index contributed by atoms with van der Waals surface area (Å²) in [5.41, 5.74) is -0.748. The lowest BCUT2D eigenvalue weighted by atomic mass is 9.80. The number of benzene rings is 1. The van der Waals surface area contributed by atoms with Crippen LogP contribution in [-0.4, -0.2) is 0 Å². The first-order valence-electron chi connectivity index (χ1n) is 5.44. The maximum atomic E-state index is 13.8. The van der Waals surface area contributed by atoms with Gasteiger partial charge < -0.3 is 0 Å². The van der Waals surface area contributed by atoms with Crippen LogP contribution in [0.25, 0.3) is 0 Å². The molecule has 0 aliphatic rings. The first kappa shape index (κ1) is 12.7. The lowest BCUT2D eigenvalue weighted by molar-refractivity contribution is 0.523. The lowest BCUT2D eigenvalue weighted by Gasteiger charge is -2.22. The Bertz CT molecular complexity index is 586. The van der Waals surface area contributed by atoms with E-state index in [1.807, 2.05) is 17.5 Å². The monoisotopic (exact) mass is 263 g/mol. The Morgan fingerprint density at radius 3 is 2.67 bits per heavy atom. The molecule has 0 saturated carbocycles. The topological polar surface area (TPSA) is 23.8 Å². The summed E-state index contributed by atoms with van der Waals surface area (Å²) in [6.07, 6.45) is 0.420. The third kappa shape index (κ3) is 2.41. The summed E-state index contributed by atoms with van der Waals surface area (Å²) in [5, 5.41) is 11.2. The number of rotatable bonds is 3. The molecular formula is C14H11F2NS. The van der Waals surface area contributed by atoms with Crippen LogP contribution in [0.2, 0.25) is 0 Å². The van der Waals surface area contributed by atoms with Crippen LogP contribution >= 0.6 is 11.3 Å². The van der Waals surface area contributed by atoms with Gasteiger partial charge in [-0.3, -0.25) is 0 Å². The van der Waals surface area contributed by atoms with Crippen molar-refractivity contribution in [2.75, 3.05) is 0 Å². The molecular weight excluding hydrogens is 252 g/mol. The van der Waals surface area contributed by atoms with Gasteiger partial charge in [0.25, 0.3) is 0 Å². The molecule has 0 aliphatic heterocycles. The summed E-state index contributed by atoms with van der Waals surface area (Å²) in [4.78, 5) is 1.00. The quantitative estimate of drug-likeness (QED) is 0.819. The molecule has 1 aromatic heterocycles. The van der Waals surface area contributed by atoms with Gasteiger partial charge in [-0.15, -0.1) is 11.3 Å². The Kier molecular flexibility index (Phi) is 3.44. The minimum atomic E-state index is -0.983. The lowest BCUT2D eigenvalue weighted by Crippen LogP contribution is -2.24. The molecule has 0 aliphatic carbocycles. The van der Waals surface area contributed by atoms with Gasteiger partial charge in [-0.05, 0) is 24.4 Å². The average molecular weight is 263 g/mol. The predicted molar refractivity (Wildman–Crippen MR) is 67.3 cm³/mol. The minimum absolute atomic E-state index is 0.236. The van der Waals surface area contributed by atoms with E-state index in [1.54, 1.807) is 6.92 Å². The Hall–Kier alpha value is -1.73. The van der Waals surface area contributed by atoms with Gasteiger partial charge in [0.05, 0.1) is 11.5 Å². The molecule has 0 spiro atoms. The van der Waals surface area contributed by atoms with E-state index in [9.17, 15) is 14.0 Å². The molecule has 1 nitrogen and oxygen atoms in total. The summed E-state index contributed by atoms with van der Waals surface area (Å²) in [6, 6.07) is 9.28. The number of nitriles is 1. The molecule has 4 heteroatoms. The van der Waals surface area contributed by atoms with Gasteiger partial charge in [0, 0.05) is 22.9 Å². The van der Waals surface area contributed by atoms with Crippen molar-refractivity contribution in [2.45, 2.75) is 18.8 Å². The molecule has 0 bridgehead atoms. The number of halogens is 2. The standard InChI is InChI=1S/C14H11F2NS/c1-14(9-17,8-11-3-2-6-18-11)12-5-4-10(15)7-13(12)16/h2-7H,8H2,1H3. The van der Waals surface area contributed by atoms with Gasteiger partial charge in [0.2, 0.25) is 0 Å². The van der Waals surface area contributed by atoms with Crippen molar-refractivity contribution >= 4 is 11.3 Å². The van der Waals surface area contributed by atoms with Crippen LogP contribution in [0.1, 0.15) is 17.4 Å². The number of hydrogen-bond donors (Lipinski definition) is 0. The van der Waals surface area contributed by atoms with Crippen molar-refractivity contribution in [3.8, 4) is 6.07 Å². The summed E-state index contributed by atoms with van der Waals surface area (Å²) >= 11 is 1.52. The highest BCUT2D eigenvalue weighted by Gasteiger charge is 2.30. The highest BCUT2D eigenvalue weighted by atomic mass is 32.1. The molecule has 1 heterocycles. The molecule has 0 saturated heterocycles. The molecule has 92 valence electrons. The average Bonchev–Trinajstić information content (AvgIpc) is 2.81. The molecule has 18 heavy (non-hydrogen) atoms. The van der Waals surface area contributed by atoms with E-state index >= 15 is 0 Å². The molecule has 1 unspecified atom stereocenters. The maximum Gasteiger partial charge on any atom is 0.130 e. The van der Waals surface area contributed by atoms with Crippen LogP contribution in [0, 0.1) is 23.0 Å². The molecule has 1 aromatic carbocycles. The van der Waals surface area contributed by atoms with Gasteiger partial charge in [-0.25, -0.2) is 8.78 Å². The first-order chi connectivity index (χ1) is 8.55. The van der Waals surface area contributed by atoms with Crippen molar-refractivity contribution in [3.63, 3.8) is 0 Å². The highest BCUT2D eigenvalue weighted by molar-refractivity contribution is 7.09. The summed E-state index contributed by atoms with van der Waals surface area (Å²) in [5.74, 6) is -1.30. The van der Waals surface area contributed by atoms with Crippen molar-refractivity contribution in [1.29, 1.82) is 5.26 Å². The SMILES string of the molecule is CC(C#N)(Cc1cccs1)c1ccc(F)cc1F. The third-order valence-corrected chi connectivity index (χ3v) is 3.76. The van der Waals surface area contributed by atoms with Crippen molar-refractivity contribution in [1.82, 2.24) is 0 Å². The van der Waals surface area contributed by atoms with E-state index in [0.717, 1.165) is 10.9 Å². The number of hydrogen-bond acceptors (Lipinski definition) is 2. The normalized spacial score (nSPS) is 13.9. The zero-order valence-electron chi connectivity index (χ0n) is 9.78. The minimum Gasteiger partial charge on any atom is -0.207 e. The van der Waals surface area contributed by atoms with Gasteiger partial charge in [0.1, 0.15) is 11.6 Å². The zero-order chi connectivity index (χ0) is 13.2. The Labute approximate surface area is 108 Å². The fraction of sp³-hybridized carbons (Fsp3) is 0.214. The van der Waals surface area contributed by atoms with Gasteiger partial charge in [-0.2, -0.15) is 5.26 Å². The fourth-order valence-corrected chi connectivity index (χ4v) is 2.75. The predicted octanol–water partition coefficient (Wildman–Crippen LogP) is 4.05. The van der Waals surface area contributed by atoms with Crippen LogP contribution < -0.4 is 0 Å². The van der Waals surface area contributed by atoms with Crippen molar-refractivity contribution in [2.24, 2.45) is 0 Å². The largest absolute Gasteiger partial charge is 0.207 e. The first-order valence-corrected chi connectivity index (χ1v) is 6.32. The van der Waals surface area contributed by atoms with Crippen LogP contribution in [0.5, 0.6) is 0 Å². The summed E-state index contributed by atoms with van der Waals surface area (Å²) in [6.45, 7) is 1.67. The highest BCUT2D eigenvalue weighted by Crippen LogP contribution is 2.31. The van der Waals surface area contributed by atoms with Crippen LogP contribution in [-0.2, 0) is 11.8 Å². The zero-order valence-corrected chi connectivity index (χ0v) is 10.6. The second-order valence-corrected chi connectivity index (χ2v) is 5.36. The fourth-order valence-electron chi connectivity index (χ4n) is 1.89. The van der Waals surface area contributed by atoms with E-state index < -0.39 is 17.0 Å². The molecule has 1 atom stereocenters. The molecule has 2 rings (SSSR count). The van der Waals surface area contributed by atoms with E-state index in [-0.39, 0.29) is 5.56 Å². The van der Waals surface area contributed by atoms with Crippen LogP contribution in [0.4, 0.5) is 8.78 Å². The molecule has 0 amide bonds. The Morgan fingerprint density at radius 1 is 1.33 bits per heavy atom. The molecule has 0 fully saturated rings. The second-order valence-electron chi connectivity index (χ2n) is 4.32. The third-order valence-electron chi connectivity index (χ3n) is 2.88. The Balaban J connectivity index is 2.41. The number of thiophene rings is 1. The summed E-state index contributed by atoms with van der Waals surface area (Å²) in [7, 11) is 0. The van der Waals surface area contributed by atoms with Gasteiger partial charge in [-0.1, -0.05) is 12.1 Å². The molecule has 0 N–H and O–H groups in total. The van der Waals surface area contributed by atoms with Crippen molar-refractivity contribution < 1.29 is 8.78 Å². The van der Waals surface area contributed by atoms with Gasteiger partial charge in [0.15, 0.2) is 0 Å².